The Bertz CT molecular complexity index is 1100. The summed E-state index contributed by atoms with van der Waals surface area (Å²) in [5.74, 6) is -1.14. The Kier molecular flexibility index (Phi) is 2.77. The van der Waals surface area contributed by atoms with E-state index in [0.717, 1.165) is 17.1 Å². The number of rotatable bonds is 1. The van der Waals surface area contributed by atoms with Gasteiger partial charge in [0.15, 0.2) is 0 Å². The molecule has 122 valence electrons. The SMILES string of the molecule is O=C1NC(=O)c2cc(C3=CCCS3)c3c4c(ccc1c24)C(=O)NC3=O. The van der Waals surface area contributed by atoms with Crippen LogP contribution in [0.3, 0.4) is 0 Å². The first kappa shape index (κ1) is 14.4. The van der Waals surface area contributed by atoms with Crippen LogP contribution >= 0.6 is 11.8 Å². The number of allylic oxidation sites excluding steroid dienone is 1. The monoisotopic (exact) mass is 350 g/mol. The first-order valence-electron chi connectivity index (χ1n) is 7.74. The molecule has 0 aromatic heterocycles. The van der Waals surface area contributed by atoms with Gasteiger partial charge < -0.3 is 0 Å². The molecule has 0 bridgehead atoms. The van der Waals surface area contributed by atoms with E-state index in [1.807, 2.05) is 6.08 Å². The van der Waals surface area contributed by atoms with Crippen LogP contribution in [0.25, 0.3) is 15.7 Å². The van der Waals surface area contributed by atoms with E-state index in [1.165, 1.54) is 12.1 Å². The molecule has 0 unspecified atom stereocenters. The first-order chi connectivity index (χ1) is 12.1. The number of imide groups is 2. The Morgan fingerprint density at radius 3 is 2.08 bits per heavy atom. The van der Waals surface area contributed by atoms with E-state index in [1.54, 1.807) is 17.8 Å². The molecule has 5 rings (SSSR count). The number of thioether (sulfide) groups is 1. The number of carbonyl (C=O) groups is 4. The summed E-state index contributed by atoms with van der Waals surface area (Å²) in [5.41, 5.74) is 1.93. The fraction of sp³-hybridized carbons (Fsp3) is 0.111. The zero-order chi connectivity index (χ0) is 17.3. The highest BCUT2D eigenvalue weighted by molar-refractivity contribution is 8.08. The van der Waals surface area contributed by atoms with Gasteiger partial charge in [-0.25, -0.2) is 0 Å². The van der Waals surface area contributed by atoms with Gasteiger partial charge in [0.2, 0.25) is 0 Å². The van der Waals surface area contributed by atoms with E-state index in [-0.39, 0.29) is 0 Å². The topological polar surface area (TPSA) is 92.3 Å². The van der Waals surface area contributed by atoms with Crippen LogP contribution in [-0.4, -0.2) is 29.4 Å². The van der Waals surface area contributed by atoms with Crippen LogP contribution in [0.2, 0.25) is 0 Å². The predicted octanol–water partition coefficient (Wildman–Crippen LogP) is 2.08. The van der Waals surface area contributed by atoms with E-state index in [2.05, 4.69) is 10.6 Å². The average molecular weight is 350 g/mol. The van der Waals surface area contributed by atoms with Crippen LogP contribution in [0.15, 0.2) is 24.3 Å². The van der Waals surface area contributed by atoms with Gasteiger partial charge in [-0.1, -0.05) is 6.08 Å². The summed E-state index contributed by atoms with van der Waals surface area (Å²) in [5, 5.41) is 5.46. The van der Waals surface area contributed by atoms with Gasteiger partial charge >= 0.3 is 0 Å². The summed E-state index contributed by atoms with van der Waals surface area (Å²) in [4.78, 5) is 50.4. The van der Waals surface area contributed by atoms with Crippen molar-refractivity contribution < 1.29 is 19.2 Å². The number of carbonyl (C=O) groups excluding carboxylic acids is 4. The summed E-state index contributed by atoms with van der Waals surface area (Å²) in [6.07, 6.45) is 2.90. The van der Waals surface area contributed by atoms with Crippen molar-refractivity contribution in [2.45, 2.75) is 6.42 Å². The maximum Gasteiger partial charge on any atom is 0.259 e. The Balaban J connectivity index is 2.02. The largest absolute Gasteiger partial charge is 0.288 e. The molecule has 25 heavy (non-hydrogen) atoms. The molecule has 0 atom stereocenters. The van der Waals surface area contributed by atoms with Crippen molar-refractivity contribution in [3.05, 3.63) is 52.1 Å². The molecule has 0 saturated heterocycles. The summed E-state index contributed by atoms with van der Waals surface area (Å²) in [7, 11) is 0. The van der Waals surface area contributed by atoms with Gasteiger partial charge in [-0.15, -0.1) is 11.8 Å². The molecule has 3 aliphatic heterocycles. The van der Waals surface area contributed by atoms with Crippen LogP contribution in [0.1, 0.15) is 53.4 Å². The summed E-state index contributed by atoms with van der Waals surface area (Å²) >= 11 is 1.61. The van der Waals surface area contributed by atoms with Gasteiger partial charge in [-0.2, -0.15) is 0 Å². The molecule has 0 radical (unpaired) electrons. The van der Waals surface area contributed by atoms with E-state index in [0.29, 0.717) is 38.6 Å². The Labute approximate surface area is 145 Å². The fourth-order valence-electron chi connectivity index (χ4n) is 3.63. The van der Waals surface area contributed by atoms with Gasteiger partial charge in [-0.05, 0) is 24.6 Å². The van der Waals surface area contributed by atoms with Crippen molar-refractivity contribution in [2.24, 2.45) is 0 Å². The van der Waals surface area contributed by atoms with Gasteiger partial charge in [0.1, 0.15) is 0 Å². The molecule has 7 heteroatoms. The Morgan fingerprint density at radius 1 is 0.760 bits per heavy atom. The lowest BCUT2D eigenvalue weighted by molar-refractivity contribution is 0.0823. The van der Waals surface area contributed by atoms with Crippen molar-refractivity contribution in [2.75, 3.05) is 5.75 Å². The third kappa shape index (κ3) is 1.81. The third-order valence-corrected chi connectivity index (χ3v) is 5.81. The van der Waals surface area contributed by atoms with Gasteiger partial charge in [0.25, 0.3) is 23.6 Å². The van der Waals surface area contributed by atoms with Crippen LogP contribution in [0.4, 0.5) is 0 Å². The first-order valence-corrected chi connectivity index (χ1v) is 8.73. The molecule has 0 spiro atoms. The normalized spacial score (nSPS) is 18.3. The standard InChI is InChI=1S/C18H10N2O4S/c21-15-7-3-4-8-13-12(7)10(17(23)19-15)6-9(11-2-1-5-25-11)14(13)18(24)20-16(8)22/h2-4,6H,1,5H2,(H,19,21,23)(H,20,22,24). The van der Waals surface area contributed by atoms with Crippen LogP contribution in [0.5, 0.6) is 0 Å². The van der Waals surface area contributed by atoms with Crippen LogP contribution < -0.4 is 10.6 Å². The fourth-order valence-corrected chi connectivity index (χ4v) is 4.64. The second-order valence-corrected chi connectivity index (χ2v) is 7.17. The zero-order valence-corrected chi connectivity index (χ0v) is 13.6. The van der Waals surface area contributed by atoms with Crippen LogP contribution in [-0.2, 0) is 0 Å². The van der Waals surface area contributed by atoms with Gasteiger partial charge in [-0.3, -0.25) is 29.8 Å². The second kappa shape index (κ2) is 4.80. The maximum atomic E-state index is 12.6. The predicted molar refractivity (Wildman–Crippen MR) is 92.6 cm³/mol. The lowest BCUT2D eigenvalue weighted by Crippen LogP contribution is -2.39. The molecule has 2 N–H and O–H groups in total. The van der Waals surface area contributed by atoms with Crippen molar-refractivity contribution >= 4 is 51.1 Å². The molecule has 4 amide bonds. The summed E-state index contributed by atoms with van der Waals surface area (Å²) < 4.78 is 0. The Morgan fingerprint density at radius 2 is 1.40 bits per heavy atom. The maximum absolute atomic E-state index is 12.6. The van der Waals surface area contributed by atoms with E-state index in [4.69, 9.17) is 0 Å². The third-order valence-electron chi connectivity index (χ3n) is 4.67. The van der Waals surface area contributed by atoms with E-state index < -0.39 is 23.6 Å². The van der Waals surface area contributed by atoms with Gasteiger partial charge in [0.05, 0.1) is 5.56 Å². The average Bonchev–Trinajstić information content (AvgIpc) is 3.11. The molecule has 0 saturated carbocycles. The lowest BCUT2D eigenvalue weighted by Gasteiger charge is -2.25. The molecule has 0 aliphatic carbocycles. The molecular formula is C18H10N2O4S. The smallest absolute Gasteiger partial charge is 0.259 e. The molecule has 2 aromatic rings. The number of benzene rings is 2. The highest BCUT2D eigenvalue weighted by Gasteiger charge is 2.35. The van der Waals surface area contributed by atoms with Crippen molar-refractivity contribution in [1.29, 1.82) is 0 Å². The molecule has 3 heterocycles. The zero-order valence-electron chi connectivity index (χ0n) is 12.8. The minimum atomic E-state index is -0.518. The molecule has 2 aromatic carbocycles. The summed E-state index contributed by atoms with van der Waals surface area (Å²) in [6.45, 7) is 0. The minimum Gasteiger partial charge on any atom is -0.288 e. The van der Waals surface area contributed by atoms with E-state index in [9.17, 15) is 19.2 Å². The molecular weight excluding hydrogens is 340 g/mol. The second-order valence-electron chi connectivity index (χ2n) is 6.03. The minimum absolute atomic E-state index is 0.303. The quantitative estimate of drug-likeness (QED) is 0.768. The lowest BCUT2D eigenvalue weighted by atomic mass is 9.84. The van der Waals surface area contributed by atoms with Gasteiger partial charge in [0, 0.05) is 43.7 Å². The molecule has 6 nitrogen and oxygen atoms in total. The number of hydrogen-bond acceptors (Lipinski definition) is 5. The summed E-state index contributed by atoms with van der Waals surface area (Å²) in [6, 6.07) is 4.71. The van der Waals surface area contributed by atoms with Crippen molar-refractivity contribution in [1.82, 2.24) is 10.6 Å². The molecule has 3 aliphatic rings. The Hall–Kier alpha value is -2.93. The van der Waals surface area contributed by atoms with E-state index >= 15 is 0 Å². The number of amides is 4. The number of nitrogens with one attached hydrogen (secondary N) is 2. The van der Waals surface area contributed by atoms with Crippen LogP contribution in [0, 0.1) is 0 Å². The van der Waals surface area contributed by atoms with Crippen molar-refractivity contribution in [3.63, 3.8) is 0 Å². The van der Waals surface area contributed by atoms with Crippen molar-refractivity contribution in [3.8, 4) is 0 Å². The highest BCUT2D eigenvalue weighted by atomic mass is 32.2. The highest BCUT2D eigenvalue weighted by Crippen LogP contribution is 2.42. The number of hydrogen-bond donors (Lipinski definition) is 2. The molecule has 0 fully saturated rings.